The Morgan fingerprint density at radius 2 is 1.79 bits per heavy atom. The predicted octanol–water partition coefficient (Wildman–Crippen LogP) is 4.36. The van der Waals surface area contributed by atoms with Crippen molar-refractivity contribution < 1.29 is 14.3 Å². The topological polar surface area (TPSA) is 76.8 Å². The van der Waals surface area contributed by atoms with Crippen LogP contribution in [-0.2, 0) is 4.74 Å². The normalized spacial score (nSPS) is 12.3. The second-order valence-corrected chi connectivity index (χ2v) is 9.13. The molecule has 1 aromatic carbocycles. The predicted molar refractivity (Wildman–Crippen MR) is 121 cm³/mol. The molecule has 0 bridgehead atoms. The molecule has 1 aromatic rings. The van der Waals surface area contributed by atoms with Gasteiger partial charge in [-0.25, -0.2) is 0 Å². The van der Waals surface area contributed by atoms with Crippen molar-refractivity contribution in [1.29, 1.82) is 0 Å². The fourth-order valence-electron chi connectivity index (χ4n) is 2.75. The van der Waals surface area contributed by atoms with Gasteiger partial charge in [0.1, 0.15) is 11.4 Å². The first-order valence-electron chi connectivity index (χ1n) is 10.3. The molecular weight excluding hydrogens is 390 g/mol. The van der Waals surface area contributed by atoms with Crippen LogP contribution >= 0.6 is 11.6 Å². The Labute approximate surface area is 181 Å². The summed E-state index contributed by atoms with van der Waals surface area (Å²) >= 11 is 6.18. The Hall–Kier alpha value is -1.50. The number of amides is 1. The zero-order valence-corrected chi connectivity index (χ0v) is 19.8. The summed E-state index contributed by atoms with van der Waals surface area (Å²) in [6.45, 7) is 17.9. The number of hydrogen-bond donors (Lipinski definition) is 2. The Morgan fingerprint density at radius 3 is 2.34 bits per heavy atom. The molecule has 166 valence electrons. The van der Waals surface area contributed by atoms with E-state index in [0.29, 0.717) is 41.6 Å². The number of nitrogen functional groups attached to an aromatic ring is 1. The van der Waals surface area contributed by atoms with Crippen LogP contribution in [0.2, 0.25) is 5.02 Å². The number of nitrogens with one attached hydrogen (secondary N) is 1. The molecule has 1 rings (SSSR count). The van der Waals surface area contributed by atoms with Gasteiger partial charge in [0, 0.05) is 25.6 Å². The number of nitrogens with two attached hydrogens (primary N) is 1. The van der Waals surface area contributed by atoms with Crippen LogP contribution in [0, 0.1) is 0 Å². The van der Waals surface area contributed by atoms with Gasteiger partial charge >= 0.3 is 0 Å². The molecule has 0 fully saturated rings. The molecule has 29 heavy (non-hydrogen) atoms. The number of benzene rings is 1. The highest BCUT2D eigenvalue weighted by Gasteiger charge is 2.25. The minimum absolute atomic E-state index is 0.212. The van der Waals surface area contributed by atoms with E-state index in [1.807, 2.05) is 34.6 Å². The monoisotopic (exact) mass is 427 g/mol. The molecule has 1 amide bonds. The Kier molecular flexibility index (Phi) is 9.73. The van der Waals surface area contributed by atoms with Gasteiger partial charge in [-0.05, 0) is 53.8 Å². The van der Waals surface area contributed by atoms with Crippen molar-refractivity contribution in [2.75, 3.05) is 38.5 Å². The SMILES string of the molecule is CCN(CC)CCNC(=O)c1cc(Cl)c(N)cc1OC(C)(C)CCOC(C)(C)C. The summed E-state index contributed by atoms with van der Waals surface area (Å²) < 4.78 is 12.0. The summed E-state index contributed by atoms with van der Waals surface area (Å²) in [5.74, 6) is 0.198. The lowest BCUT2D eigenvalue weighted by molar-refractivity contribution is -0.0293. The first-order valence-corrected chi connectivity index (χ1v) is 10.7. The zero-order chi connectivity index (χ0) is 22.2. The fourth-order valence-corrected chi connectivity index (χ4v) is 2.91. The van der Waals surface area contributed by atoms with Gasteiger partial charge in [-0.2, -0.15) is 0 Å². The summed E-state index contributed by atoms with van der Waals surface area (Å²) in [6, 6.07) is 3.19. The molecule has 6 nitrogen and oxygen atoms in total. The van der Waals surface area contributed by atoms with Gasteiger partial charge in [-0.1, -0.05) is 25.4 Å². The van der Waals surface area contributed by atoms with Gasteiger partial charge in [0.25, 0.3) is 5.91 Å². The van der Waals surface area contributed by atoms with Gasteiger partial charge in [-0.3, -0.25) is 4.79 Å². The number of anilines is 1. The highest BCUT2D eigenvalue weighted by molar-refractivity contribution is 6.33. The van der Waals surface area contributed by atoms with E-state index in [1.54, 1.807) is 12.1 Å². The van der Waals surface area contributed by atoms with Crippen molar-refractivity contribution >= 4 is 23.2 Å². The van der Waals surface area contributed by atoms with Crippen LogP contribution in [0.1, 0.15) is 65.2 Å². The summed E-state index contributed by atoms with van der Waals surface area (Å²) in [6.07, 6.45) is 0.663. The number of rotatable bonds is 11. The highest BCUT2D eigenvalue weighted by Crippen LogP contribution is 2.32. The fraction of sp³-hybridized carbons (Fsp3) is 0.682. The van der Waals surface area contributed by atoms with Crippen LogP contribution in [0.3, 0.4) is 0 Å². The number of hydrogen-bond acceptors (Lipinski definition) is 5. The first-order chi connectivity index (χ1) is 13.4. The number of likely N-dealkylation sites (N-methyl/N-ethyl adjacent to an activating group) is 1. The molecule has 0 saturated heterocycles. The summed E-state index contributed by atoms with van der Waals surface area (Å²) in [7, 11) is 0. The molecule has 0 radical (unpaired) electrons. The molecule has 0 heterocycles. The van der Waals surface area contributed by atoms with Gasteiger partial charge in [-0.15, -0.1) is 0 Å². The quantitative estimate of drug-likeness (QED) is 0.513. The largest absolute Gasteiger partial charge is 0.487 e. The molecule has 7 heteroatoms. The maximum atomic E-state index is 12.8. The average Bonchev–Trinajstić information content (AvgIpc) is 2.59. The van der Waals surface area contributed by atoms with Crippen molar-refractivity contribution in [3.8, 4) is 5.75 Å². The van der Waals surface area contributed by atoms with Gasteiger partial charge in [0.15, 0.2) is 0 Å². The lowest BCUT2D eigenvalue weighted by Crippen LogP contribution is -2.36. The Morgan fingerprint density at radius 1 is 1.17 bits per heavy atom. The average molecular weight is 428 g/mol. The second kappa shape index (κ2) is 11.0. The standard InChI is InChI=1S/C22H38ClN3O3/c1-8-26(9-2)12-11-25-20(27)16-14-17(23)18(24)15-19(16)29-22(6,7)10-13-28-21(3,4)5/h14-15H,8-13,24H2,1-7H3,(H,25,27). The zero-order valence-electron chi connectivity index (χ0n) is 19.0. The lowest BCUT2D eigenvalue weighted by atomic mass is 10.0. The summed E-state index contributed by atoms with van der Waals surface area (Å²) in [5, 5.41) is 3.28. The van der Waals surface area contributed by atoms with Crippen LogP contribution in [-0.4, -0.2) is 54.8 Å². The van der Waals surface area contributed by atoms with Crippen molar-refractivity contribution in [2.24, 2.45) is 0 Å². The van der Waals surface area contributed by atoms with E-state index >= 15 is 0 Å². The molecule has 0 spiro atoms. The summed E-state index contributed by atoms with van der Waals surface area (Å²) in [5.41, 5.74) is 5.98. The van der Waals surface area contributed by atoms with Crippen LogP contribution in [0.4, 0.5) is 5.69 Å². The Bertz CT molecular complexity index is 668. The van der Waals surface area contributed by atoms with E-state index in [1.165, 1.54) is 0 Å². The maximum absolute atomic E-state index is 12.8. The molecule has 3 N–H and O–H groups in total. The van der Waals surface area contributed by atoms with Gasteiger partial charge < -0.3 is 25.4 Å². The minimum Gasteiger partial charge on any atom is -0.487 e. The molecular formula is C22H38ClN3O3. The molecule has 0 saturated carbocycles. The lowest BCUT2D eigenvalue weighted by Gasteiger charge is -2.29. The molecule has 0 aliphatic rings. The van der Waals surface area contributed by atoms with Crippen molar-refractivity contribution in [3.05, 3.63) is 22.7 Å². The molecule has 0 aromatic heterocycles. The van der Waals surface area contributed by atoms with Crippen LogP contribution in [0.15, 0.2) is 12.1 Å². The van der Waals surface area contributed by atoms with Crippen molar-refractivity contribution in [2.45, 2.75) is 66.1 Å². The Balaban J connectivity index is 2.88. The third-order valence-electron chi connectivity index (χ3n) is 4.58. The van der Waals surface area contributed by atoms with Crippen LogP contribution in [0.25, 0.3) is 0 Å². The third-order valence-corrected chi connectivity index (χ3v) is 4.90. The van der Waals surface area contributed by atoms with E-state index in [4.69, 9.17) is 26.8 Å². The number of ether oxygens (including phenoxy) is 2. The second-order valence-electron chi connectivity index (χ2n) is 8.73. The van der Waals surface area contributed by atoms with Crippen LogP contribution in [0.5, 0.6) is 5.75 Å². The molecule has 0 aliphatic heterocycles. The molecule has 0 unspecified atom stereocenters. The van der Waals surface area contributed by atoms with E-state index in [2.05, 4.69) is 24.1 Å². The smallest absolute Gasteiger partial charge is 0.255 e. The van der Waals surface area contributed by atoms with Gasteiger partial charge in [0.2, 0.25) is 0 Å². The maximum Gasteiger partial charge on any atom is 0.255 e. The number of nitrogens with zero attached hydrogens (tertiary/aromatic N) is 1. The molecule has 0 atom stereocenters. The third kappa shape index (κ3) is 9.24. The molecule has 0 aliphatic carbocycles. The number of carbonyl (C=O) groups is 1. The van der Waals surface area contributed by atoms with E-state index < -0.39 is 5.60 Å². The van der Waals surface area contributed by atoms with Crippen molar-refractivity contribution in [1.82, 2.24) is 10.2 Å². The van der Waals surface area contributed by atoms with E-state index in [9.17, 15) is 4.79 Å². The van der Waals surface area contributed by atoms with E-state index in [-0.39, 0.29) is 11.5 Å². The number of halogens is 1. The minimum atomic E-state index is -0.540. The first kappa shape index (κ1) is 25.5. The number of carbonyl (C=O) groups excluding carboxylic acids is 1. The van der Waals surface area contributed by atoms with E-state index in [0.717, 1.165) is 19.6 Å². The summed E-state index contributed by atoms with van der Waals surface area (Å²) in [4.78, 5) is 15.0. The van der Waals surface area contributed by atoms with Gasteiger partial charge in [0.05, 0.1) is 28.5 Å². The van der Waals surface area contributed by atoms with Crippen molar-refractivity contribution in [3.63, 3.8) is 0 Å². The highest BCUT2D eigenvalue weighted by atomic mass is 35.5. The van der Waals surface area contributed by atoms with Crippen LogP contribution < -0.4 is 15.8 Å².